The molecular formula is C7H4N2OS. The van der Waals surface area contributed by atoms with E-state index in [9.17, 15) is 4.79 Å². The van der Waals surface area contributed by atoms with E-state index in [0.717, 1.165) is 11.0 Å². The molecule has 2 aromatic heterocycles. The van der Waals surface area contributed by atoms with E-state index in [1.165, 1.54) is 11.3 Å². The van der Waals surface area contributed by atoms with Crippen molar-refractivity contribution in [2.24, 2.45) is 0 Å². The molecule has 0 saturated heterocycles. The number of aldehydes is 1. The normalized spacial score (nSPS) is 10.2. The second kappa shape index (κ2) is 2.39. The minimum atomic E-state index is 0.485. The second-order valence-electron chi connectivity index (χ2n) is 2.00. The van der Waals surface area contributed by atoms with Gasteiger partial charge >= 0.3 is 0 Å². The molecule has 0 bridgehead atoms. The average Bonchev–Trinajstić information content (AvgIpc) is 2.46. The Balaban J connectivity index is 2.78. The molecule has 0 unspecified atom stereocenters. The van der Waals surface area contributed by atoms with Crippen molar-refractivity contribution in [1.82, 2.24) is 9.97 Å². The van der Waals surface area contributed by atoms with Crippen LogP contribution in [0.5, 0.6) is 0 Å². The number of carbonyl (C=O) groups excluding carboxylic acids is 1. The number of pyridine rings is 1. The summed E-state index contributed by atoms with van der Waals surface area (Å²) >= 11 is 1.36. The standard InChI is InChI=1S/C7H4N2OS/c10-4-6-9-7-5(11-6)2-1-3-8-7/h1-4H. The monoisotopic (exact) mass is 164 g/mol. The summed E-state index contributed by atoms with van der Waals surface area (Å²) in [4.78, 5) is 18.3. The predicted octanol–water partition coefficient (Wildman–Crippen LogP) is 1.50. The van der Waals surface area contributed by atoms with Gasteiger partial charge in [0.15, 0.2) is 16.9 Å². The Hall–Kier alpha value is -1.29. The van der Waals surface area contributed by atoms with Crippen LogP contribution < -0.4 is 0 Å². The van der Waals surface area contributed by atoms with Crippen LogP contribution in [-0.2, 0) is 0 Å². The topological polar surface area (TPSA) is 42.9 Å². The summed E-state index contributed by atoms with van der Waals surface area (Å²) < 4.78 is 0.953. The zero-order chi connectivity index (χ0) is 7.68. The lowest BCUT2D eigenvalue weighted by Crippen LogP contribution is -1.75. The van der Waals surface area contributed by atoms with Crippen molar-refractivity contribution in [3.8, 4) is 0 Å². The summed E-state index contributed by atoms with van der Waals surface area (Å²) in [5, 5.41) is 0.485. The third-order valence-electron chi connectivity index (χ3n) is 1.28. The van der Waals surface area contributed by atoms with Crippen LogP contribution in [0.1, 0.15) is 9.80 Å². The molecule has 0 aliphatic rings. The van der Waals surface area contributed by atoms with Crippen LogP contribution in [0.3, 0.4) is 0 Å². The fourth-order valence-electron chi connectivity index (χ4n) is 0.836. The molecule has 0 amide bonds. The number of hydrogen-bond acceptors (Lipinski definition) is 4. The van der Waals surface area contributed by atoms with Gasteiger partial charge in [0.2, 0.25) is 0 Å². The van der Waals surface area contributed by atoms with E-state index in [-0.39, 0.29) is 0 Å². The van der Waals surface area contributed by atoms with Gasteiger partial charge in [0, 0.05) is 6.20 Å². The third kappa shape index (κ3) is 1.01. The Labute approximate surface area is 66.7 Å². The van der Waals surface area contributed by atoms with E-state index in [4.69, 9.17) is 0 Å². The summed E-state index contributed by atoms with van der Waals surface area (Å²) in [5.41, 5.74) is 0.652. The van der Waals surface area contributed by atoms with Crippen molar-refractivity contribution >= 4 is 28.0 Å². The molecule has 0 fully saturated rings. The Morgan fingerprint density at radius 2 is 2.45 bits per heavy atom. The van der Waals surface area contributed by atoms with Crippen molar-refractivity contribution in [2.45, 2.75) is 0 Å². The maximum absolute atomic E-state index is 10.3. The lowest BCUT2D eigenvalue weighted by atomic mass is 10.5. The van der Waals surface area contributed by atoms with Crippen LogP contribution in [0.15, 0.2) is 18.3 Å². The van der Waals surface area contributed by atoms with Crippen molar-refractivity contribution in [2.75, 3.05) is 0 Å². The number of aromatic nitrogens is 2. The zero-order valence-corrected chi connectivity index (χ0v) is 6.34. The molecule has 0 spiro atoms. The average molecular weight is 164 g/mol. The summed E-state index contributed by atoms with van der Waals surface area (Å²) in [7, 11) is 0. The lowest BCUT2D eigenvalue weighted by molar-refractivity contribution is 0.112. The molecule has 2 aromatic rings. The van der Waals surface area contributed by atoms with E-state index in [1.807, 2.05) is 12.1 Å². The fourth-order valence-corrected chi connectivity index (χ4v) is 1.58. The van der Waals surface area contributed by atoms with E-state index in [1.54, 1.807) is 6.20 Å². The molecule has 0 aromatic carbocycles. The maximum atomic E-state index is 10.3. The number of rotatable bonds is 1. The molecule has 0 aliphatic heterocycles. The largest absolute Gasteiger partial charge is 0.295 e. The first kappa shape index (κ1) is 6.42. The first-order valence-electron chi connectivity index (χ1n) is 3.07. The van der Waals surface area contributed by atoms with E-state index in [2.05, 4.69) is 9.97 Å². The molecule has 4 heteroatoms. The van der Waals surface area contributed by atoms with Crippen molar-refractivity contribution in [3.63, 3.8) is 0 Å². The molecule has 54 valence electrons. The van der Waals surface area contributed by atoms with Gasteiger partial charge in [0.1, 0.15) is 0 Å². The van der Waals surface area contributed by atoms with E-state index >= 15 is 0 Å². The Kier molecular flexibility index (Phi) is 1.40. The highest BCUT2D eigenvalue weighted by Crippen LogP contribution is 2.17. The molecule has 2 heterocycles. The first-order valence-corrected chi connectivity index (χ1v) is 3.88. The maximum Gasteiger partial charge on any atom is 0.178 e. The Morgan fingerprint density at radius 1 is 1.55 bits per heavy atom. The molecular weight excluding hydrogens is 160 g/mol. The van der Waals surface area contributed by atoms with Gasteiger partial charge in [-0.1, -0.05) is 0 Å². The summed E-state index contributed by atoms with van der Waals surface area (Å²) in [6, 6.07) is 3.72. The second-order valence-corrected chi connectivity index (χ2v) is 3.06. The highest BCUT2D eigenvalue weighted by Gasteiger charge is 2.00. The Morgan fingerprint density at radius 3 is 3.18 bits per heavy atom. The Bertz CT molecular complexity index is 363. The number of hydrogen-bond donors (Lipinski definition) is 0. The molecule has 0 saturated carbocycles. The van der Waals surface area contributed by atoms with Gasteiger partial charge in [-0.25, -0.2) is 9.97 Å². The van der Waals surface area contributed by atoms with Gasteiger partial charge in [-0.3, -0.25) is 4.79 Å². The van der Waals surface area contributed by atoms with Gasteiger partial charge in [-0.2, -0.15) is 0 Å². The van der Waals surface area contributed by atoms with Crippen molar-refractivity contribution in [3.05, 3.63) is 23.3 Å². The number of fused-ring (bicyclic) bond motifs is 1. The quantitative estimate of drug-likeness (QED) is 0.600. The summed E-state index contributed by atoms with van der Waals surface area (Å²) in [5.74, 6) is 0. The minimum absolute atomic E-state index is 0.485. The smallest absolute Gasteiger partial charge is 0.178 e. The highest BCUT2D eigenvalue weighted by molar-refractivity contribution is 7.19. The molecule has 3 nitrogen and oxygen atoms in total. The van der Waals surface area contributed by atoms with Gasteiger partial charge in [0.05, 0.1) is 4.70 Å². The molecule has 0 aliphatic carbocycles. The van der Waals surface area contributed by atoms with Crippen LogP contribution in [0.4, 0.5) is 0 Å². The van der Waals surface area contributed by atoms with Crippen LogP contribution in [0.2, 0.25) is 0 Å². The van der Waals surface area contributed by atoms with E-state index in [0.29, 0.717) is 10.7 Å². The summed E-state index contributed by atoms with van der Waals surface area (Å²) in [6.07, 6.45) is 2.41. The van der Waals surface area contributed by atoms with Crippen molar-refractivity contribution in [1.29, 1.82) is 0 Å². The number of carbonyl (C=O) groups is 1. The lowest BCUT2D eigenvalue weighted by Gasteiger charge is -1.79. The van der Waals surface area contributed by atoms with Gasteiger partial charge < -0.3 is 0 Å². The minimum Gasteiger partial charge on any atom is -0.295 e. The van der Waals surface area contributed by atoms with Crippen molar-refractivity contribution < 1.29 is 4.79 Å². The zero-order valence-electron chi connectivity index (χ0n) is 5.52. The number of nitrogens with zero attached hydrogens (tertiary/aromatic N) is 2. The SMILES string of the molecule is O=Cc1nc2ncccc2s1. The van der Waals surface area contributed by atoms with Crippen LogP contribution >= 0.6 is 11.3 Å². The van der Waals surface area contributed by atoms with E-state index < -0.39 is 0 Å². The molecule has 2 rings (SSSR count). The van der Waals surface area contributed by atoms with Crippen LogP contribution in [-0.4, -0.2) is 16.3 Å². The van der Waals surface area contributed by atoms with Gasteiger partial charge in [-0.05, 0) is 12.1 Å². The first-order chi connectivity index (χ1) is 5.40. The van der Waals surface area contributed by atoms with Crippen LogP contribution in [0.25, 0.3) is 10.3 Å². The molecule has 0 atom stereocenters. The molecule has 11 heavy (non-hydrogen) atoms. The number of thiazole rings is 1. The summed E-state index contributed by atoms with van der Waals surface area (Å²) in [6.45, 7) is 0. The van der Waals surface area contributed by atoms with Gasteiger partial charge in [0.25, 0.3) is 0 Å². The third-order valence-corrected chi connectivity index (χ3v) is 2.22. The predicted molar refractivity (Wildman–Crippen MR) is 42.8 cm³/mol. The highest BCUT2D eigenvalue weighted by atomic mass is 32.1. The van der Waals surface area contributed by atoms with Gasteiger partial charge in [-0.15, -0.1) is 11.3 Å². The fraction of sp³-hybridized carbons (Fsp3) is 0. The van der Waals surface area contributed by atoms with Crippen LogP contribution in [0, 0.1) is 0 Å². The molecule has 0 N–H and O–H groups in total. The molecule has 0 radical (unpaired) electrons.